The van der Waals surface area contributed by atoms with Gasteiger partial charge < -0.3 is 9.72 Å². The highest BCUT2D eigenvalue weighted by molar-refractivity contribution is 6.01. The molecule has 0 saturated carbocycles. The number of fused-ring (bicyclic) bond motifs is 1. The summed E-state index contributed by atoms with van der Waals surface area (Å²) in [6.07, 6.45) is -0.116. The number of benzene rings is 1. The molecule has 0 atom stereocenters. The van der Waals surface area contributed by atoms with E-state index in [2.05, 4.69) is 4.98 Å². The smallest absolute Gasteiger partial charge is 0.193 e. The number of ketones is 1. The van der Waals surface area contributed by atoms with Crippen LogP contribution in [0.5, 0.6) is 5.75 Å². The van der Waals surface area contributed by atoms with Gasteiger partial charge in [-0.3, -0.25) is 4.79 Å². The first kappa shape index (κ1) is 10.2. The Hall–Kier alpha value is -2.28. The van der Waals surface area contributed by atoms with Crippen molar-refractivity contribution >= 4 is 16.7 Å². The molecule has 0 aliphatic heterocycles. The van der Waals surface area contributed by atoms with Crippen LogP contribution in [0.1, 0.15) is 16.9 Å². The zero-order chi connectivity index (χ0) is 11.5. The summed E-state index contributed by atoms with van der Waals surface area (Å²) in [5, 5.41) is 9.32. The average Bonchev–Trinajstić information content (AvgIpc) is 2.72. The zero-order valence-corrected chi connectivity index (χ0v) is 8.78. The number of rotatable bonds is 3. The maximum absolute atomic E-state index is 11.5. The number of nitriles is 1. The van der Waals surface area contributed by atoms with E-state index in [-0.39, 0.29) is 12.2 Å². The van der Waals surface area contributed by atoms with Crippen molar-refractivity contribution in [2.75, 3.05) is 7.11 Å². The van der Waals surface area contributed by atoms with Crippen molar-refractivity contribution in [1.29, 1.82) is 5.26 Å². The van der Waals surface area contributed by atoms with Crippen LogP contribution in [-0.2, 0) is 0 Å². The lowest BCUT2D eigenvalue weighted by molar-refractivity contribution is 0.0994. The van der Waals surface area contributed by atoms with Crippen LogP contribution < -0.4 is 4.74 Å². The molecule has 0 amide bonds. The second-order valence-electron chi connectivity index (χ2n) is 3.36. The van der Waals surface area contributed by atoms with Crippen molar-refractivity contribution in [3.8, 4) is 11.8 Å². The lowest BCUT2D eigenvalue weighted by Crippen LogP contribution is -1.96. The maximum Gasteiger partial charge on any atom is 0.193 e. The first-order chi connectivity index (χ1) is 7.76. The summed E-state index contributed by atoms with van der Waals surface area (Å²) in [6, 6.07) is 9.09. The van der Waals surface area contributed by atoms with Crippen molar-refractivity contribution in [2.45, 2.75) is 6.42 Å². The first-order valence-electron chi connectivity index (χ1n) is 4.82. The number of nitrogens with one attached hydrogen (secondary N) is 1. The molecule has 0 radical (unpaired) electrons. The molecule has 16 heavy (non-hydrogen) atoms. The molecule has 4 heteroatoms. The molecule has 0 aliphatic carbocycles. The van der Waals surface area contributed by atoms with Gasteiger partial charge in [-0.05, 0) is 18.2 Å². The fourth-order valence-corrected chi connectivity index (χ4v) is 1.62. The van der Waals surface area contributed by atoms with E-state index in [0.717, 1.165) is 10.9 Å². The lowest BCUT2D eigenvalue weighted by atomic mass is 10.2. The number of H-pyrrole nitrogens is 1. The van der Waals surface area contributed by atoms with Crippen molar-refractivity contribution in [3.63, 3.8) is 0 Å². The van der Waals surface area contributed by atoms with Gasteiger partial charge in [0, 0.05) is 10.9 Å². The largest absolute Gasteiger partial charge is 0.496 e. The van der Waals surface area contributed by atoms with E-state index in [1.807, 2.05) is 24.3 Å². The summed E-state index contributed by atoms with van der Waals surface area (Å²) in [5.41, 5.74) is 1.28. The second-order valence-corrected chi connectivity index (χ2v) is 3.36. The molecule has 0 aliphatic rings. The predicted molar refractivity (Wildman–Crippen MR) is 59.4 cm³/mol. The predicted octanol–water partition coefficient (Wildman–Crippen LogP) is 2.27. The van der Waals surface area contributed by atoms with Gasteiger partial charge in [0.15, 0.2) is 5.78 Å². The molecular weight excluding hydrogens is 204 g/mol. The minimum atomic E-state index is -0.208. The van der Waals surface area contributed by atoms with Crippen LogP contribution in [0.3, 0.4) is 0 Å². The highest BCUT2D eigenvalue weighted by Gasteiger charge is 2.11. The second kappa shape index (κ2) is 4.07. The van der Waals surface area contributed by atoms with Gasteiger partial charge in [-0.1, -0.05) is 6.07 Å². The lowest BCUT2D eigenvalue weighted by Gasteiger charge is -1.99. The van der Waals surface area contributed by atoms with Gasteiger partial charge in [0.05, 0.1) is 18.9 Å². The number of aromatic amines is 1. The van der Waals surface area contributed by atoms with Crippen LogP contribution in [0.25, 0.3) is 10.9 Å². The van der Waals surface area contributed by atoms with E-state index >= 15 is 0 Å². The molecule has 4 nitrogen and oxygen atoms in total. The van der Waals surface area contributed by atoms with Crippen LogP contribution in [0, 0.1) is 11.3 Å². The summed E-state index contributed by atoms with van der Waals surface area (Å²) >= 11 is 0. The Balaban J connectivity index is 2.52. The molecule has 1 aromatic carbocycles. The minimum absolute atomic E-state index is 0.116. The Labute approximate surface area is 92.4 Å². The highest BCUT2D eigenvalue weighted by atomic mass is 16.5. The molecule has 0 fully saturated rings. The number of hydrogen-bond acceptors (Lipinski definition) is 3. The molecule has 1 N–H and O–H groups in total. The van der Waals surface area contributed by atoms with Crippen LogP contribution >= 0.6 is 0 Å². The van der Waals surface area contributed by atoms with Gasteiger partial charge in [0.25, 0.3) is 0 Å². The van der Waals surface area contributed by atoms with E-state index in [0.29, 0.717) is 11.4 Å². The third kappa shape index (κ3) is 1.63. The monoisotopic (exact) mass is 214 g/mol. The number of methoxy groups -OCH3 is 1. The maximum atomic E-state index is 11.5. The molecule has 0 spiro atoms. The normalized spacial score (nSPS) is 10.0. The molecule has 2 rings (SSSR count). The molecule has 0 bridgehead atoms. The number of aromatic nitrogens is 1. The average molecular weight is 214 g/mol. The van der Waals surface area contributed by atoms with E-state index < -0.39 is 0 Å². The minimum Gasteiger partial charge on any atom is -0.496 e. The fourth-order valence-electron chi connectivity index (χ4n) is 1.62. The molecule has 0 saturated heterocycles. The molecule has 2 aromatic rings. The molecule has 0 unspecified atom stereocenters. The van der Waals surface area contributed by atoms with Crippen LogP contribution in [-0.4, -0.2) is 17.9 Å². The Morgan fingerprint density at radius 2 is 2.38 bits per heavy atom. The summed E-state index contributed by atoms with van der Waals surface area (Å²) < 4.78 is 5.18. The van der Waals surface area contributed by atoms with Gasteiger partial charge in [0.1, 0.15) is 12.2 Å². The van der Waals surface area contributed by atoms with Gasteiger partial charge in [-0.15, -0.1) is 0 Å². The van der Waals surface area contributed by atoms with Crippen molar-refractivity contribution in [2.24, 2.45) is 0 Å². The number of carbonyl (C=O) groups is 1. The number of hydrogen-bond donors (Lipinski definition) is 1. The van der Waals surface area contributed by atoms with Crippen molar-refractivity contribution < 1.29 is 9.53 Å². The zero-order valence-electron chi connectivity index (χ0n) is 8.78. The van der Waals surface area contributed by atoms with E-state index in [9.17, 15) is 4.79 Å². The Morgan fingerprint density at radius 3 is 3.06 bits per heavy atom. The third-order valence-electron chi connectivity index (χ3n) is 2.38. The molecule has 1 aromatic heterocycles. The summed E-state index contributed by atoms with van der Waals surface area (Å²) in [6.45, 7) is 0. The number of nitrogens with zero attached hydrogens (tertiary/aromatic N) is 1. The fraction of sp³-hybridized carbons (Fsp3) is 0.167. The van der Waals surface area contributed by atoms with Gasteiger partial charge >= 0.3 is 0 Å². The Morgan fingerprint density at radius 1 is 1.56 bits per heavy atom. The van der Waals surface area contributed by atoms with Crippen molar-refractivity contribution in [1.82, 2.24) is 4.98 Å². The topological polar surface area (TPSA) is 65.9 Å². The van der Waals surface area contributed by atoms with Crippen LogP contribution in [0.2, 0.25) is 0 Å². The van der Waals surface area contributed by atoms with Gasteiger partial charge in [-0.25, -0.2) is 0 Å². The number of carbonyl (C=O) groups excluding carboxylic acids is 1. The number of ether oxygens (including phenoxy) is 1. The standard InChI is InChI=1S/C12H10N2O2/c1-16-12-4-2-3-9-8(12)7-10(14-9)11(15)5-6-13/h2-4,7,14H,5H2,1H3. The van der Waals surface area contributed by atoms with Crippen LogP contribution in [0.4, 0.5) is 0 Å². The first-order valence-corrected chi connectivity index (χ1v) is 4.82. The van der Waals surface area contributed by atoms with E-state index in [1.54, 1.807) is 13.2 Å². The Kier molecular flexibility index (Phi) is 2.61. The summed E-state index contributed by atoms with van der Waals surface area (Å²) in [4.78, 5) is 14.5. The van der Waals surface area contributed by atoms with Crippen molar-refractivity contribution in [3.05, 3.63) is 30.0 Å². The summed E-state index contributed by atoms with van der Waals surface area (Å²) in [7, 11) is 1.58. The van der Waals surface area contributed by atoms with E-state index in [4.69, 9.17) is 10.00 Å². The Bertz CT molecular complexity index is 578. The highest BCUT2D eigenvalue weighted by Crippen LogP contribution is 2.26. The molecular formula is C12H10N2O2. The summed E-state index contributed by atoms with van der Waals surface area (Å²) in [5.74, 6) is 0.505. The van der Waals surface area contributed by atoms with Gasteiger partial charge in [0.2, 0.25) is 0 Å². The van der Waals surface area contributed by atoms with E-state index in [1.165, 1.54) is 0 Å². The SMILES string of the molecule is COc1cccc2[nH]c(C(=O)CC#N)cc12. The molecule has 1 heterocycles. The van der Waals surface area contributed by atoms with Gasteiger partial charge in [-0.2, -0.15) is 5.26 Å². The number of Topliss-reactive ketones (excluding diaryl/α,β-unsaturated/α-hetero) is 1. The molecule has 80 valence electrons. The van der Waals surface area contributed by atoms with Crippen LogP contribution in [0.15, 0.2) is 24.3 Å². The third-order valence-corrected chi connectivity index (χ3v) is 2.38. The quantitative estimate of drug-likeness (QED) is 0.797.